The number of nitrogens with zero attached hydrogens (tertiary/aromatic N) is 4. The van der Waals surface area contributed by atoms with E-state index in [1.54, 1.807) is 10.6 Å². The molecule has 0 unspecified atom stereocenters. The first kappa shape index (κ1) is 15.9. The first-order valence-electron chi connectivity index (χ1n) is 8.27. The Hall–Kier alpha value is -1.64. The molecule has 1 saturated carbocycles. The fraction of sp³-hybridized carbons (Fsp3) is 0.562. The molecule has 0 aromatic carbocycles. The minimum Gasteiger partial charge on any atom is -0.468 e. The molecule has 130 valence electrons. The van der Waals surface area contributed by atoms with Crippen LogP contribution in [0.2, 0.25) is 0 Å². The number of fused-ring (bicyclic) bond motifs is 1. The maximum atomic E-state index is 12.4. The highest BCUT2D eigenvalue weighted by atomic mass is 32.2. The van der Waals surface area contributed by atoms with Crippen molar-refractivity contribution in [3.63, 3.8) is 0 Å². The second kappa shape index (κ2) is 6.02. The molecule has 1 aliphatic heterocycles. The summed E-state index contributed by atoms with van der Waals surface area (Å²) in [5.41, 5.74) is 0.963. The van der Waals surface area contributed by atoms with Gasteiger partial charge in [0.1, 0.15) is 11.6 Å². The molecule has 0 N–H and O–H groups in total. The van der Waals surface area contributed by atoms with Crippen molar-refractivity contribution in [1.29, 1.82) is 0 Å². The van der Waals surface area contributed by atoms with E-state index in [9.17, 15) is 8.42 Å². The first-order valence-corrected chi connectivity index (χ1v) is 9.77. The van der Waals surface area contributed by atoms with Gasteiger partial charge < -0.3 is 8.98 Å². The highest BCUT2D eigenvalue weighted by Gasteiger charge is 2.41. The van der Waals surface area contributed by atoms with E-state index < -0.39 is 10.0 Å². The van der Waals surface area contributed by atoms with Crippen LogP contribution in [-0.4, -0.2) is 46.0 Å². The Labute approximate surface area is 141 Å². The van der Waals surface area contributed by atoms with E-state index in [4.69, 9.17) is 4.42 Å². The van der Waals surface area contributed by atoms with Gasteiger partial charge in [-0.3, -0.25) is 4.90 Å². The molecule has 0 atom stereocenters. The van der Waals surface area contributed by atoms with Crippen molar-refractivity contribution in [1.82, 2.24) is 18.8 Å². The van der Waals surface area contributed by atoms with Crippen molar-refractivity contribution in [3.8, 4) is 0 Å². The van der Waals surface area contributed by atoms with Crippen LogP contribution in [0.5, 0.6) is 0 Å². The van der Waals surface area contributed by atoms with E-state index >= 15 is 0 Å². The average molecular weight is 350 g/mol. The third-order valence-corrected chi connectivity index (χ3v) is 6.91. The minimum atomic E-state index is -3.12. The van der Waals surface area contributed by atoms with Gasteiger partial charge in [0.15, 0.2) is 0 Å². The van der Waals surface area contributed by atoms with Crippen molar-refractivity contribution in [2.24, 2.45) is 0 Å². The number of furan rings is 1. The molecule has 2 aromatic rings. The highest BCUT2D eigenvalue weighted by Crippen LogP contribution is 2.32. The van der Waals surface area contributed by atoms with Crippen molar-refractivity contribution in [3.05, 3.63) is 41.9 Å². The Bertz CT molecular complexity index is 809. The molecule has 0 radical (unpaired) electrons. The number of hydrogen-bond donors (Lipinski definition) is 0. The zero-order chi connectivity index (χ0) is 16.7. The number of aromatic nitrogens is 2. The van der Waals surface area contributed by atoms with Crippen LogP contribution < -0.4 is 0 Å². The van der Waals surface area contributed by atoms with Gasteiger partial charge in [0.05, 0.1) is 30.3 Å². The lowest BCUT2D eigenvalue weighted by Crippen LogP contribution is -2.39. The molecular weight excluding hydrogens is 328 g/mol. The van der Waals surface area contributed by atoms with Crippen LogP contribution in [0.3, 0.4) is 0 Å². The molecule has 0 amide bonds. The third-order valence-electron chi connectivity index (χ3n) is 4.56. The summed E-state index contributed by atoms with van der Waals surface area (Å²) in [5, 5.41) is -0.155. The van der Waals surface area contributed by atoms with Crippen molar-refractivity contribution in [2.75, 3.05) is 13.6 Å². The standard InChI is InChI=1S/C16H22N4O3S/c1-18(11-14-3-2-8-23-14)9-13-10-19-6-7-20(12-16(19)17-13)24(21,22)15-4-5-15/h2-3,8,10,15H,4-7,9,11-12H2,1H3. The van der Waals surface area contributed by atoms with Gasteiger partial charge in [-0.15, -0.1) is 0 Å². The van der Waals surface area contributed by atoms with Gasteiger partial charge in [0.25, 0.3) is 0 Å². The van der Waals surface area contributed by atoms with Gasteiger partial charge in [-0.05, 0) is 32.0 Å². The Morgan fingerprint density at radius 2 is 2.17 bits per heavy atom. The van der Waals surface area contributed by atoms with Crippen LogP contribution >= 0.6 is 0 Å². The number of sulfonamides is 1. The smallest absolute Gasteiger partial charge is 0.217 e. The zero-order valence-electron chi connectivity index (χ0n) is 13.8. The van der Waals surface area contributed by atoms with Crippen LogP contribution in [0.25, 0.3) is 0 Å². The summed E-state index contributed by atoms with van der Waals surface area (Å²) < 4.78 is 33.8. The summed E-state index contributed by atoms with van der Waals surface area (Å²) in [7, 11) is -1.10. The molecular formula is C16H22N4O3S. The molecule has 7 nitrogen and oxygen atoms in total. The minimum absolute atomic E-state index is 0.155. The third kappa shape index (κ3) is 3.13. The Morgan fingerprint density at radius 3 is 2.88 bits per heavy atom. The molecule has 4 rings (SSSR count). The normalized spacial score (nSPS) is 18.9. The monoisotopic (exact) mass is 350 g/mol. The van der Waals surface area contributed by atoms with Crippen LogP contribution in [-0.2, 0) is 36.2 Å². The predicted octanol–water partition coefficient (Wildman–Crippen LogP) is 1.42. The quantitative estimate of drug-likeness (QED) is 0.788. The molecule has 1 aliphatic carbocycles. The Morgan fingerprint density at radius 1 is 1.33 bits per heavy atom. The fourth-order valence-corrected chi connectivity index (χ4v) is 4.95. The lowest BCUT2D eigenvalue weighted by atomic mass is 10.4. The van der Waals surface area contributed by atoms with Crippen molar-refractivity contribution >= 4 is 10.0 Å². The second-order valence-corrected chi connectivity index (χ2v) is 8.88. The Kier molecular flexibility index (Phi) is 3.98. The number of imidazole rings is 1. The number of hydrogen-bond acceptors (Lipinski definition) is 5. The predicted molar refractivity (Wildman–Crippen MR) is 88.5 cm³/mol. The summed E-state index contributed by atoms with van der Waals surface area (Å²) in [5.74, 6) is 1.76. The summed E-state index contributed by atoms with van der Waals surface area (Å²) >= 11 is 0. The average Bonchev–Trinajstić information content (AvgIpc) is 3.15. The summed E-state index contributed by atoms with van der Waals surface area (Å²) in [6, 6.07) is 3.84. The highest BCUT2D eigenvalue weighted by molar-refractivity contribution is 7.90. The Balaban J connectivity index is 1.42. The second-order valence-electron chi connectivity index (χ2n) is 6.67. The van der Waals surface area contributed by atoms with Crippen LogP contribution in [0, 0.1) is 0 Å². The van der Waals surface area contributed by atoms with E-state index in [2.05, 4.69) is 14.5 Å². The summed E-state index contributed by atoms with van der Waals surface area (Å²) in [6.45, 7) is 3.04. The molecule has 8 heteroatoms. The largest absolute Gasteiger partial charge is 0.468 e. The van der Waals surface area contributed by atoms with E-state index in [0.717, 1.165) is 36.7 Å². The molecule has 1 fully saturated rings. The van der Waals surface area contributed by atoms with Gasteiger partial charge in [0, 0.05) is 25.8 Å². The molecule has 2 aromatic heterocycles. The fourth-order valence-electron chi connectivity index (χ4n) is 3.16. The van der Waals surface area contributed by atoms with E-state index in [-0.39, 0.29) is 5.25 Å². The SMILES string of the molecule is CN(Cc1cn2c(n1)CN(S(=O)(=O)C1CC1)CC2)Cc1ccco1. The van der Waals surface area contributed by atoms with Crippen LogP contribution in [0.1, 0.15) is 30.1 Å². The number of rotatable bonds is 6. The molecule has 0 spiro atoms. The topological polar surface area (TPSA) is 71.6 Å². The van der Waals surface area contributed by atoms with Crippen LogP contribution in [0.4, 0.5) is 0 Å². The molecule has 24 heavy (non-hydrogen) atoms. The van der Waals surface area contributed by atoms with Gasteiger partial charge in [-0.25, -0.2) is 13.4 Å². The van der Waals surface area contributed by atoms with E-state index in [0.29, 0.717) is 26.2 Å². The molecule has 0 bridgehead atoms. The summed E-state index contributed by atoms with van der Waals surface area (Å²) in [4.78, 5) is 6.78. The van der Waals surface area contributed by atoms with E-state index in [1.807, 2.05) is 25.4 Å². The lowest BCUT2D eigenvalue weighted by Gasteiger charge is -2.26. The zero-order valence-corrected chi connectivity index (χ0v) is 14.6. The maximum Gasteiger partial charge on any atom is 0.217 e. The van der Waals surface area contributed by atoms with Gasteiger partial charge in [-0.1, -0.05) is 0 Å². The molecule has 0 saturated heterocycles. The lowest BCUT2D eigenvalue weighted by molar-refractivity contribution is 0.285. The van der Waals surface area contributed by atoms with Gasteiger partial charge in [0.2, 0.25) is 10.0 Å². The van der Waals surface area contributed by atoms with Gasteiger partial charge in [-0.2, -0.15) is 4.31 Å². The maximum absolute atomic E-state index is 12.4. The molecule has 2 aliphatic rings. The molecule has 3 heterocycles. The van der Waals surface area contributed by atoms with Crippen molar-refractivity contribution < 1.29 is 12.8 Å². The van der Waals surface area contributed by atoms with Crippen molar-refractivity contribution in [2.45, 2.75) is 44.3 Å². The van der Waals surface area contributed by atoms with Crippen LogP contribution in [0.15, 0.2) is 29.0 Å². The van der Waals surface area contributed by atoms with E-state index in [1.165, 1.54) is 0 Å². The summed E-state index contributed by atoms with van der Waals surface area (Å²) in [6.07, 6.45) is 5.31. The van der Waals surface area contributed by atoms with Gasteiger partial charge >= 0.3 is 0 Å². The first-order chi connectivity index (χ1) is 11.5.